The molecule has 8 heteroatoms. The quantitative estimate of drug-likeness (QED) is 0.284. The zero-order valence-electron chi connectivity index (χ0n) is 15.9. The second-order valence-corrected chi connectivity index (χ2v) is 9.45. The van der Waals surface area contributed by atoms with Gasteiger partial charge in [0.25, 0.3) is 0 Å². The largest absolute Gasteiger partial charge is 0.449 e. The van der Waals surface area contributed by atoms with E-state index in [-0.39, 0.29) is 11.5 Å². The van der Waals surface area contributed by atoms with Crippen molar-refractivity contribution >= 4 is 44.6 Å². The molecule has 2 aliphatic rings. The molecule has 3 heterocycles. The number of halogens is 2. The number of carbonyl (C=O) groups excluding carboxylic acids is 1. The van der Waals surface area contributed by atoms with Crippen molar-refractivity contribution in [2.75, 3.05) is 19.7 Å². The summed E-state index contributed by atoms with van der Waals surface area (Å²) in [6.45, 7) is 4.25. The van der Waals surface area contributed by atoms with Gasteiger partial charge >= 0.3 is 6.09 Å². The smallest absolute Gasteiger partial charge is 0.409 e. The first kappa shape index (κ1) is 20.1. The number of nitrogens with zero attached hydrogens (tertiary/aromatic N) is 4. The summed E-state index contributed by atoms with van der Waals surface area (Å²) in [7, 11) is 0. The van der Waals surface area contributed by atoms with Crippen LogP contribution in [-0.4, -0.2) is 45.5 Å². The topological polar surface area (TPSA) is 60.2 Å². The Balaban J connectivity index is 1.40. The van der Waals surface area contributed by atoms with E-state index >= 15 is 0 Å². The number of rotatable bonds is 6. The van der Waals surface area contributed by atoms with Gasteiger partial charge in [0.05, 0.1) is 21.9 Å². The number of pyridine rings is 1. The van der Waals surface area contributed by atoms with Crippen molar-refractivity contribution < 1.29 is 9.53 Å². The van der Waals surface area contributed by atoms with Crippen LogP contribution in [0, 0.1) is 8.99 Å². The van der Waals surface area contributed by atoms with Gasteiger partial charge in [-0.3, -0.25) is 9.67 Å². The molecule has 1 saturated heterocycles. The van der Waals surface area contributed by atoms with Crippen molar-refractivity contribution in [1.82, 2.24) is 19.7 Å². The van der Waals surface area contributed by atoms with Crippen LogP contribution in [0.3, 0.4) is 0 Å². The summed E-state index contributed by atoms with van der Waals surface area (Å²) in [6.07, 6.45) is 7.59. The molecule has 2 aromatic rings. The molecule has 2 aromatic heterocycles. The van der Waals surface area contributed by atoms with Crippen LogP contribution in [0.4, 0.5) is 4.79 Å². The van der Waals surface area contributed by atoms with Crippen molar-refractivity contribution in [1.29, 1.82) is 0 Å². The summed E-state index contributed by atoms with van der Waals surface area (Å²) in [6, 6.07) is 4.39. The molecule has 1 aliphatic carbocycles. The van der Waals surface area contributed by atoms with Crippen molar-refractivity contribution in [2.24, 2.45) is 5.41 Å². The Morgan fingerprint density at radius 2 is 2.21 bits per heavy atom. The average molecular weight is 559 g/mol. The molecule has 4 rings (SSSR count). The average Bonchev–Trinajstić information content (AvgIpc) is 2.96. The number of unbranched alkanes of at least 4 members (excludes halogenated alkanes) is 1. The maximum Gasteiger partial charge on any atom is 0.409 e. The highest BCUT2D eigenvalue weighted by molar-refractivity contribution is 14.1. The lowest BCUT2D eigenvalue weighted by atomic mass is 9.61. The maximum atomic E-state index is 12.1. The summed E-state index contributed by atoms with van der Waals surface area (Å²) >= 11 is 6.02. The van der Waals surface area contributed by atoms with Gasteiger partial charge in [0.15, 0.2) is 0 Å². The predicted molar refractivity (Wildman–Crippen MR) is 119 cm³/mol. The molecule has 0 radical (unpaired) electrons. The molecule has 0 unspecified atom stereocenters. The Kier molecular flexibility index (Phi) is 5.96. The van der Waals surface area contributed by atoms with Crippen LogP contribution in [0.2, 0.25) is 0 Å². The lowest BCUT2D eigenvalue weighted by Gasteiger charge is -2.58. The Hall–Kier alpha value is -1.16. The molecule has 1 aliphatic heterocycles. The third-order valence-corrected chi connectivity index (χ3v) is 7.39. The molecule has 1 spiro atoms. The summed E-state index contributed by atoms with van der Waals surface area (Å²) in [5.41, 5.74) is 3.52. The maximum absolute atomic E-state index is 12.1. The van der Waals surface area contributed by atoms with Gasteiger partial charge in [0.1, 0.15) is 5.69 Å². The molecule has 150 valence electrons. The predicted octanol–water partition coefficient (Wildman–Crippen LogP) is 5.02. The third-order valence-electron chi connectivity index (χ3n) is 5.72. The Morgan fingerprint density at radius 1 is 1.43 bits per heavy atom. The van der Waals surface area contributed by atoms with E-state index in [0.29, 0.717) is 12.6 Å². The van der Waals surface area contributed by atoms with E-state index in [0.717, 1.165) is 55.4 Å². The van der Waals surface area contributed by atoms with E-state index in [1.165, 1.54) is 9.26 Å². The summed E-state index contributed by atoms with van der Waals surface area (Å²) < 4.78 is 8.69. The lowest BCUT2D eigenvalue weighted by molar-refractivity contribution is -0.0825. The van der Waals surface area contributed by atoms with Crippen LogP contribution >= 0.6 is 38.5 Å². The van der Waals surface area contributed by atoms with Crippen LogP contribution in [0.15, 0.2) is 24.5 Å². The van der Waals surface area contributed by atoms with Crippen LogP contribution in [-0.2, 0) is 10.1 Å². The lowest BCUT2D eigenvalue weighted by Crippen LogP contribution is -2.64. The Labute approximate surface area is 187 Å². The normalized spacial score (nSPS) is 18.0. The van der Waals surface area contributed by atoms with Crippen molar-refractivity contribution in [2.45, 2.75) is 44.0 Å². The first-order valence-corrected chi connectivity index (χ1v) is 11.9. The molecule has 0 N–H and O–H groups in total. The molecule has 0 bridgehead atoms. The number of aromatic nitrogens is 3. The molecule has 2 fully saturated rings. The highest BCUT2D eigenvalue weighted by Crippen LogP contribution is 2.54. The molecule has 6 nitrogen and oxygen atoms in total. The highest BCUT2D eigenvalue weighted by Gasteiger charge is 2.55. The zero-order valence-corrected chi connectivity index (χ0v) is 19.6. The second kappa shape index (κ2) is 8.30. The number of hydrogen-bond acceptors (Lipinski definition) is 4. The second-order valence-electron chi connectivity index (χ2n) is 7.82. The van der Waals surface area contributed by atoms with Gasteiger partial charge in [0, 0.05) is 41.8 Å². The van der Waals surface area contributed by atoms with Crippen LogP contribution in [0.25, 0.3) is 11.3 Å². The van der Waals surface area contributed by atoms with Gasteiger partial charge < -0.3 is 9.64 Å². The van der Waals surface area contributed by atoms with Crippen molar-refractivity contribution in [3.05, 3.63) is 33.8 Å². The fourth-order valence-electron chi connectivity index (χ4n) is 4.22. The van der Waals surface area contributed by atoms with Crippen LogP contribution < -0.4 is 0 Å². The van der Waals surface area contributed by atoms with E-state index in [1.807, 2.05) is 17.2 Å². The first-order valence-electron chi connectivity index (χ1n) is 9.72. The molecular weight excluding hydrogens is 535 g/mol. The number of ether oxygens (including phenoxy) is 1. The molecule has 1 amide bonds. The van der Waals surface area contributed by atoms with Gasteiger partial charge in [-0.2, -0.15) is 5.10 Å². The zero-order chi connectivity index (χ0) is 19.7. The van der Waals surface area contributed by atoms with Gasteiger partial charge in [-0.25, -0.2) is 4.79 Å². The summed E-state index contributed by atoms with van der Waals surface area (Å²) in [5, 5.41) is 5.71. The van der Waals surface area contributed by atoms with Crippen LogP contribution in [0.5, 0.6) is 0 Å². The summed E-state index contributed by atoms with van der Waals surface area (Å²) in [5.74, 6) is 0. The van der Waals surface area contributed by atoms with E-state index in [2.05, 4.69) is 61.2 Å². The molecule has 0 atom stereocenters. The summed E-state index contributed by atoms with van der Waals surface area (Å²) in [4.78, 5) is 18.1. The Morgan fingerprint density at radius 3 is 2.86 bits per heavy atom. The van der Waals surface area contributed by atoms with Gasteiger partial charge in [-0.15, -0.1) is 0 Å². The molecule has 28 heavy (non-hydrogen) atoms. The number of alkyl halides is 1. The highest BCUT2D eigenvalue weighted by atomic mass is 127. The fraction of sp³-hybridized carbons (Fsp3) is 0.550. The number of likely N-dealkylation sites (tertiary alicyclic amines) is 1. The molecule has 0 aromatic carbocycles. The van der Waals surface area contributed by atoms with Gasteiger partial charge in [-0.05, 0) is 54.0 Å². The van der Waals surface area contributed by atoms with Gasteiger partial charge in [-0.1, -0.05) is 29.3 Å². The minimum absolute atomic E-state index is 0.156. The van der Waals surface area contributed by atoms with Crippen LogP contribution in [0.1, 0.15) is 44.3 Å². The van der Waals surface area contributed by atoms with Crippen molar-refractivity contribution in [3.8, 4) is 11.3 Å². The molecular formula is C20H24BrIN4O2. The van der Waals surface area contributed by atoms with Gasteiger partial charge in [0.2, 0.25) is 0 Å². The number of hydrogen-bond donors (Lipinski definition) is 0. The molecule has 1 saturated carbocycles. The minimum Gasteiger partial charge on any atom is -0.449 e. The fourth-order valence-corrected chi connectivity index (χ4v) is 6.14. The number of carbonyl (C=O) groups is 1. The third kappa shape index (κ3) is 3.69. The number of amides is 1. The standard InChI is InChI=1S/C20H24BrIN4O2/c1-2-3-7-28-19(27)25-12-20(13-25)8-15(9-20)26-16(10-21)17(22)18(24-26)14-5-4-6-23-11-14/h4-6,11,15H,2-3,7-10,12-13H2,1H3. The van der Waals surface area contributed by atoms with E-state index in [9.17, 15) is 4.79 Å². The minimum atomic E-state index is -0.156. The van der Waals surface area contributed by atoms with E-state index in [1.54, 1.807) is 6.20 Å². The first-order chi connectivity index (χ1) is 13.6. The van der Waals surface area contributed by atoms with Crippen molar-refractivity contribution in [3.63, 3.8) is 0 Å². The monoisotopic (exact) mass is 558 g/mol. The SMILES string of the molecule is CCCCOC(=O)N1CC2(CC(n3nc(-c4cccnc4)c(I)c3CBr)C2)C1. The Bertz CT molecular complexity index is 843. The van der Waals surface area contributed by atoms with E-state index < -0.39 is 0 Å². The van der Waals surface area contributed by atoms with E-state index in [4.69, 9.17) is 9.84 Å².